The predicted molar refractivity (Wildman–Crippen MR) is 94.1 cm³/mol. The summed E-state index contributed by atoms with van der Waals surface area (Å²) in [6.07, 6.45) is 5.55. The molecule has 3 rings (SSSR count). The monoisotopic (exact) mass is 342 g/mol. The lowest BCUT2D eigenvalue weighted by Crippen LogP contribution is -2.49. The smallest absolute Gasteiger partial charge is 0.163 e. The van der Waals surface area contributed by atoms with Gasteiger partial charge in [0, 0.05) is 22.4 Å². The number of rotatable bonds is 2. The molecule has 0 bridgehead atoms. The number of phenolic OH excluding ortho intramolecular Hbond substituents is 1. The highest BCUT2D eigenvalue weighted by Crippen LogP contribution is 2.56. The number of carbonyl (C=O) groups excluding carboxylic acids is 2. The van der Waals surface area contributed by atoms with Crippen molar-refractivity contribution in [2.45, 2.75) is 26.2 Å². The van der Waals surface area contributed by atoms with Crippen molar-refractivity contribution in [1.82, 2.24) is 0 Å². The normalized spacial score (nSPS) is 29.6. The lowest BCUT2D eigenvalue weighted by Gasteiger charge is -2.47. The molecule has 0 radical (unpaired) electrons. The molecule has 4 heteroatoms. The standard InChI is InChI=1S/C20H19ClO3/c1-4-12-5-7-15-19(24)11(2)9-17(23)20(15,3)18(12)14-10-13(21)6-8-16(14)22/h4-6,8-10,15,18,22H,1,7H2,2-3H3. The van der Waals surface area contributed by atoms with Gasteiger partial charge in [0.05, 0.1) is 5.41 Å². The van der Waals surface area contributed by atoms with E-state index < -0.39 is 17.3 Å². The van der Waals surface area contributed by atoms with Crippen LogP contribution < -0.4 is 0 Å². The van der Waals surface area contributed by atoms with Crippen molar-refractivity contribution >= 4 is 23.2 Å². The van der Waals surface area contributed by atoms with Crippen LogP contribution in [0.1, 0.15) is 31.7 Å². The van der Waals surface area contributed by atoms with Gasteiger partial charge in [-0.1, -0.05) is 37.3 Å². The summed E-state index contributed by atoms with van der Waals surface area (Å²) < 4.78 is 0. The van der Waals surface area contributed by atoms with Crippen molar-refractivity contribution in [2.24, 2.45) is 11.3 Å². The minimum atomic E-state index is -0.961. The van der Waals surface area contributed by atoms with Crippen LogP contribution in [0.4, 0.5) is 0 Å². The molecule has 0 amide bonds. The molecule has 3 unspecified atom stereocenters. The van der Waals surface area contributed by atoms with Gasteiger partial charge >= 0.3 is 0 Å². The van der Waals surface area contributed by atoms with Crippen LogP contribution in [-0.2, 0) is 9.59 Å². The molecule has 0 saturated carbocycles. The van der Waals surface area contributed by atoms with Crippen LogP contribution in [0.25, 0.3) is 0 Å². The van der Waals surface area contributed by atoms with E-state index in [1.165, 1.54) is 12.1 Å². The first kappa shape index (κ1) is 16.7. The van der Waals surface area contributed by atoms with Gasteiger partial charge in [-0.2, -0.15) is 0 Å². The van der Waals surface area contributed by atoms with Crippen molar-refractivity contribution in [1.29, 1.82) is 0 Å². The number of aromatic hydroxyl groups is 1. The van der Waals surface area contributed by atoms with E-state index in [9.17, 15) is 14.7 Å². The Morgan fingerprint density at radius 3 is 2.75 bits per heavy atom. The van der Waals surface area contributed by atoms with Crippen molar-refractivity contribution in [3.8, 4) is 5.75 Å². The largest absolute Gasteiger partial charge is 0.508 e. The van der Waals surface area contributed by atoms with E-state index >= 15 is 0 Å². The molecule has 1 aromatic carbocycles. The number of allylic oxidation sites excluding steroid dienone is 5. The molecular formula is C20H19ClO3. The fourth-order valence-corrected chi connectivity index (χ4v) is 4.20. The third kappa shape index (κ3) is 2.27. The highest BCUT2D eigenvalue weighted by atomic mass is 35.5. The second-order valence-corrected chi connectivity index (χ2v) is 7.11. The average Bonchev–Trinajstić information content (AvgIpc) is 2.55. The zero-order chi connectivity index (χ0) is 17.6. The van der Waals surface area contributed by atoms with Crippen LogP contribution in [0.5, 0.6) is 5.75 Å². The van der Waals surface area contributed by atoms with E-state index in [0.717, 1.165) is 5.57 Å². The molecule has 124 valence electrons. The number of benzene rings is 1. The summed E-state index contributed by atoms with van der Waals surface area (Å²) in [4.78, 5) is 25.6. The van der Waals surface area contributed by atoms with Crippen molar-refractivity contribution in [3.63, 3.8) is 0 Å². The number of hydrogen-bond acceptors (Lipinski definition) is 3. The predicted octanol–water partition coefficient (Wildman–Crippen LogP) is 4.37. The van der Waals surface area contributed by atoms with Crippen LogP contribution in [0.3, 0.4) is 0 Å². The van der Waals surface area contributed by atoms with E-state index in [4.69, 9.17) is 11.6 Å². The number of phenols is 1. The second-order valence-electron chi connectivity index (χ2n) is 6.67. The molecule has 0 saturated heterocycles. The van der Waals surface area contributed by atoms with Gasteiger partial charge in [0.2, 0.25) is 0 Å². The maximum atomic E-state index is 12.9. The molecule has 2 aliphatic carbocycles. The fourth-order valence-electron chi connectivity index (χ4n) is 4.02. The molecule has 3 atom stereocenters. The maximum Gasteiger partial charge on any atom is 0.163 e. The Kier molecular flexibility index (Phi) is 4.00. The van der Waals surface area contributed by atoms with Crippen LogP contribution in [0.15, 0.2) is 54.2 Å². The SMILES string of the molecule is C=CC1=CCC2C(=O)C(C)=CC(=O)C2(C)C1c1cc(Cl)ccc1O. The van der Waals surface area contributed by atoms with E-state index in [-0.39, 0.29) is 17.3 Å². The number of Topliss-reactive ketones (excluding diaryl/α,β-unsaturated/α-hetero) is 1. The van der Waals surface area contributed by atoms with Gasteiger partial charge in [0.15, 0.2) is 11.6 Å². The number of halogens is 1. The summed E-state index contributed by atoms with van der Waals surface area (Å²) in [5.74, 6) is -0.953. The molecule has 3 nitrogen and oxygen atoms in total. The Morgan fingerprint density at radius 1 is 1.38 bits per heavy atom. The van der Waals surface area contributed by atoms with Crippen LogP contribution in [-0.4, -0.2) is 16.7 Å². The molecule has 1 aromatic rings. The molecule has 2 aliphatic rings. The number of fused-ring (bicyclic) bond motifs is 1. The summed E-state index contributed by atoms with van der Waals surface area (Å²) in [6.45, 7) is 7.33. The zero-order valence-corrected chi connectivity index (χ0v) is 14.4. The third-order valence-electron chi connectivity index (χ3n) is 5.37. The second kappa shape index (κ2) is 5.75. The summed E-state index contributed by atoms with van der Waals surface area (Å²) in [6, 6.07) is 4.77. The molecule has 24 heavy (non-hydrogen) atoms. The lowest BCUT2D eigenvalue weighted by molar-refractivity contribution is -0.137. The minimum Gasteiger partial charge on any atom is -0.508 e. The topological polar surface area (TPSA) is 54.4 Å². The van der Waals surface area contributed by atoms with Gasteiger partial charge in [-0.25, -0.2) is 0 Å². The number of carbonyl (C=O) groups is 2. The molecule has 0 spiro atoms. The maximum absolute atomic E-state index is 12.9. The first-order chi connectivity index (χ1) is 11.3. The summed E-state index contributed by atoms with van der Waals surface area (Å²) >= 11 is 6.12. The molecule has 1 N–H and O–H groups in total. The lowest BCUT2D eigenvalue weighted by atomic mass is 9.53. The number of ketones is 2. The van der Waals surface area contributed by atoms with Crippen molar-refractivity contribution in [3.05, 3.63) is 64.7 Å². The minimum absolute atomic E-state index is 0.0111. The first-order valence-electron chi connectivity index (χ1n) is 7.88. The Morgan fingerprint density at radius 2 is 2.08 bits per heavy atom. The Balaban J connectivity index is 2.28. The van der Waals surface area contributed by atoms with Crippen LogP contribution >= 0.6 is 11.6 Å². The van der Waals surface area contributed by atoms with E-state index in [0.29, 0.717) is 22.6 Å². The van der Waals surface area contributed by atoms with Crippen molar-refractivity contribution < 1.29 is 14.7 Å². The molecule has 0 aromatic heterocycles. The van der Waals surface area contributed by atoms with Gasteiger partial charge in [0.1, 0.15) is 5.75 Å². The summed E-state index contributed by atoms with van der Waals surface area (Å²) in [5, 5.41) is 10.8. The van der Waals surface area contributed by atoms with Gasteiger partial charge in [-0.05, 0) is 48.8 Å². The zero-order valence-electron chi connectivity index (χ0n) is 13.7. The van der Waals surface area contributed by atoms with Gasteiger partial charge in [-0.3, -0.25) is 9.59 Å². The van der Waals surface area contributed by atoms with Gasteiger partial charge < -0.3 is 5.11 Å². The van der Waals surface area contributed by atoms with E-state index in [2.05, 4.69) is 6.58 Å². The third-order valence-corrected chi connectivity index (χ3v) is 5.60. The average molecular weight is 343 g/mol. The number of hydrogen-bond donors (Lipinski definition) is 1. The highest BCUT2D eigenvalue weighted by molar-refractivity contribution is 6.30. The molecule has 0 heterocycles. The summed E-state index contributed by atoms with van der Waals surface area (Å²) in [7, 11) is 0. The molecular weight excluding hydrogens is 324 g/mol. The van der Waals surface area contributed by atoms with Crippen LogP contribution in [0, 0.1) is 11.3 Å². The Hall–Kier alpha value is -2.13. The van der Waals surface area contributed by atoms with Gasteiger partial charge in [-0.15, -0.1) is 0 Å². The highest BCUT2D eigenvalue weighted by Gasteiger charge is 2.55. The van der Waals surface area contributed by atoms with E-state index in [1.807, 2.05) is 13.0 Å². The first-order valence-corrected chi connectivity index (χ1v) is 8.26. The Labute approximate surface area is 146 Å². The summed E-state index contributed by atoms with van der Waals surface area (Å²) in [5.41, 5.74) is 0.916. The molecule has 0 aliphatic heterocycles. The fraction of sp³-hybridized carbons (Fsp3) is 0.300. The van der Waals surface area contributed by atoms with Crippen LogP contribution in [0.2, 0.25) is 5.02 Å². The van der Waals surface area contributed by atoms with Gasteiger partial charge in [0.25, 0.3) is 0 Å². The van der Waals surface area contributed by atoms with E-state index in [1.54, 1.807) is 25.1 Å². The quantitative estimate of drug-likeness (QED) is 0.868. The molecule has 0 fully saturated rings. The van der Waals surface area contributed by atoms with Crippen molar-refractivity contribution in [2.75, 3.05) is 0 Å². The Bertz CT molecular complexity index is 818.